The minimum atomic E-state index is -0.227. The van der Waals surface area contributed by atoms with Gasteiger partial charge in [0.05, 0.1) is 11.6 Å². The molecule has 1 aromatic carbocycles. The van der Waals surface area contributed by atoms with E-state index in [1.807, 2.05) is 24.3 Å². The molecule has 1 N–H and O–H groups in total. The van der Waals surface area contributed by atoms with Crippen molar-refractivity contribution >= 4 is 11.7 Å². The zero-order chi connectivity index (χ0) is 18.2. The van der Waals surface area contributed by atoms with Gasteiger partial charge in [-0.25, -0.2) is 4.79 Å². The van der Waals surface area contributed by atoms with Crippen LogP contribution in [0.15, 0.2) is 73.3 Å². The Balaban J connectivity index is 1.76. The molecule has 0 aliphatic carbocycles. The number of aromatic nitrogens is 2. The largest absolute Gasteiger partial charge is 0.322 e. The van der Waals surface area contributed by atoms with E-state index in [0.29, 0.717) is 24.3 Å². The first-order valence-electron chi connectivity index (χ1n) is 8.08. The monoisotopic (exact) mass is 343 g/mol. The van der Waals surface area contributed by atoms with Gasteiger partial charge in [-0.2, -0.15) is 5.26 Å². The van der Waals surface area contributed by atoms with Crippen LogP contribution in [0.2, 0.25) is 0 Å². The highest BCUT2D eigenvalue weighted by molar-refractivity contribution is 5.89. The van der Waals surface area contributed by atoms with Crippen LogP contribution in [0.3, 0.4) is 0 Å². The van der Waals surface area contributed by atoms with Gasteiger partial charge in [0.25, 0.3) is 0 Å². The van der Waals surface area contributed by atoms with Crippen LogP contribution in [0.5, 0.6) is 0 Å². The minimum absolute atomic E-state index is 0.227. The maximum Gasteiger partial charge on any atom is 0.322 e. The number of carbonyl (C=O) groups is 1. The Morgan fingerprint density at radius 2 is 1.69 bits per heavy atom. The van der Waals surface area contributed by atoms with Crippen molar-refractivity contribution in [3.8, 4) is 6.07 Å². The van der Waals surface area contributed by atoms with Crippen molar-refractivity contribution in [2.24, 2.45) is 0 Å². The molecule has 0 atom stereocenters. The van der Waals surface area contributed by atoms with Crippen molar-refractivity contribution in [2.45, 2.75) is 13.1 Å². The Morgan fingerprint density at radius 3 is 2.35 bits per heavy atom. The molecule has 2 amide bonds. The number of carbonyl (C=O) groups excluding carboxylic acids is 1. The van der Waals surface area contributed by atoms with Gasteiger partial charge in [-0.1, -0.05) is 6.07 Å². The molecule has 6 nitrogen and oxygen atoms in total. The SMILES string of the molecule is N#Cc1ccc(NC(=O)N(Cc2ccncc2)Cc2cccnc2)cc1. The number of nitriles is 1. The van der Waals surface area contributed by atoms with E-state index in [1.54, 1.807) is 54.0 Å². The number of nitrogens with zero attached hydrogens (tertiary/aromatic N) is 4. The molecule has 0 aliphatic rings. The minimum Gasteiger partial charge on any atom is -0.316 e. The molecule has 0 aliphatic heterocycles. The maximum absolute atomic E-state index is 12.8. The second-order valence-corrected chi connectivity index (χ2v) is 5.69. The second-order valence-electron chi connectivity index (χ2n) is 5.69. The summed E-state index contributed by atoms with van der Waals surface area (Å²) in [5.74, 6) is 0. The van der Waals surface area contributed by atoms with E-state index < -0.39 is 0 Å². The van der Waals surface area contributed by atoms with Crippen molar-refractivity contribution in [3.05, 3.63) is 90.0 Å². The van der Waals surface area contributed by atoms with E-state index >= 15 is 0 Å². The standard InChI is InChI=1S/C20H17N5O/c21-12-16-3-5-19(6-4-16)24-20(26)25(14-17-7-10-22-11-8-17)15-18-2-1-9-23-13-18/h1-11,13H,14-15H2,(H,24,26). The second kappa shape index (κ2) is 8.40. The fourth-order valence-corrected chi connectivity index (χ4v) is 2.45. The highest BCUT2D eigenvalue weighted by Crippen LogP contribution is 2.14. The number of amides is 2. The third kappa shape index (κ3) is 4.65. The van der Waals surface area contributed by atoms with Crippen molar-refractivity contribution in [1.82, 2.24) is 14.9 Å². The van der Waals surface area contributed by atoms with Gasteiger partial charge < -0.3 is 10.2 Å². The maximum atomic E-state index is 12.8. The number of pyridine rings is 2. The van der Waals surface area contributed by atoms with E-state index in [-0.39, 0.29) is 6.03 Å². The molecule has 3 aromatic rings. The van der Waals surface area contributed by atoms with Crippen molar-refractivity contribution in [3.63, 3.8) is 0 Å². The van der Waals surface area contributed by atoms with E-state index in [2.05, 4.69) is 21.4 Å². The molecule has 0 bridgehead atoms. The molecule has 0 spiro atoms. The van der Waals surface area contributed by atoms with Crippen LogP contribution in [0.4, 0.5) is 10.5 Å². The van der Waals surface area contributed by atoms with Crippen molar-refractivity contribution in [1.29, 1.82) is 5.26 Å². The van der Waals surface area contributed by atoms with E-state index in [1.165, 1.54) is 0 Å². The molecule has 0 fully saturated rings. The Labute approximate surface area is 151 Å². The third-order valence-corrected chi connectivity index (χ3v) is 3.77. The van der Waals surface area contributed by atoms with Gasteiger partial charge >= 0.3 is 6.03 Å². The van der Waals surface area contributed by atoms with E-state index in [4.69, 9.17) is 5.26 Å². The molecule has 0 unspecified atom stereocenters. The molecule has 2 aromatic heterocycles. The molecule has 3 rings (SSSR count). The summed E-state index contributed by atoms with van der Waals surface area (Å²) in [6.45, 7) is 0.873. The number of nitrogens with one attached hydrogen (secondary N) is 1. The number of urea groups is 1. The molecular formula is C20H17N5O. The van der Waals surface area contributed by atoms with Gasteiger partial charge in [0.2, 0.25) is 0 Å². The lowest BCUT2D eigenvalue weighted by atomic mass is 10.2. The average Bonchev–Trinajstić information content (AvgIpc) is 2.69. The molecule has 26 heavy (non-hydrogen) atoms. The van der Waals surface area contributed by atoms with Gasteiger partial charge in [-0.05, 0) is 53.6 Å². The summed E-state index contributed by atoms with van der Waals surface area (Å²) in [6.07, 6.45) is 6.86. The van der Waals surface area contributed by atoms with Crippen molar-refractivity contribution < 1.29 is 4.79 Å². The summed E-state index contributed by atoms with van der Waals surface area (Å²) in [5.41, 5.74) is 3.11. The summed E-state index contributed by atoms with van der Waals surface area (Å²) < 4.78 is 0. The lowest BCUT2D eigenvalue weighted by molar-refractivity contribution is 0.206. The summed E-state index contributed by atoms with van der Waals surface area (Å²) in [4.78, 5) is 22.6. The van der Waals surface area contributed by atoms with E-state index in [9.17, 15) is 4.79 Å². The molecule has 6 heteroatoms. The van der Waals surface area contributed by atoms with E-state index in [0.717, 1.165) is 11.1 Å². The Kier molecular flexibility index (Phi) is 5.53. The summed E-state index contributed by atoms with van der Waals surface area (Å²) >= 11 is 0. The summed E-state index contributed by atoms with van der Waals surface area (Å²) in [7, 11) is 0. The molecule has 128 valence electrons. The van der Waals surface area contributed by atoms with Crippen LogP contribution in [-0.2, 0) is 13.1 Å². The lowest BCUT2D eigenvalue weighted by Crippen LogP contribution is -2.34. The zero-order valence-corrected chi connectivity index (χ0v) is 14.0. The molecule has 0 radical (unpaired) electrons. The first-order chi connectivity index (χ1) is 12.7. The Morgan fingerprint density at radius 1 is 0.962 bits per heavy atom. The number of hydrogen-bond donors (Lipinski definition) is 1. The zero-order valence-electron chi connectivity index (χ0n) is 14.0. The highest BCUT2D eigenvalue weighted by atomic mass is 16.2. The third-order valence-electron chi connectivity index (χ3n) is 3.77. The number of benzene rings is 1. The Bertz CT molecular complexity index is 847. The van der Waals surface area contributed by atoms with Crippen LogP contribution in [0, 0.1) is 11.3 Å². The smallest absolute Gasteiger partial charge is 0.316 e. The normalized spacial score (nSPS) is 9.96. The molecule has 0 saturated heterocycles. The summed E-state index contributed by atoms with van der Waals surface area (Å²) in [5, 5.41) is 11.7. The van der Waals surface area contributed by atoms with Gasteiger partial charge in [-0.15, -0.1) is 0 Å². The molecular weight excluding hydrogens is 326 g/mol. The fraction of sp³-hybridized carbons (Fsp3) is 0.100. The van der Waals surface area contributed by atoms with Crippen LogP contribution in [0.25, 0.3) is 0 Å². The van der Waals surface area contributed by atoms with Gasteiger partial charge in [-0.3, -0.25) is 9.97 Å². The highest BCUT2D eigenvalue weighted by Gasteiger charge is 2.15. The average molecular weight is 343 g/mol. The predicted octanol–water partition coefficient (Wildman–Crippen LogP) is 3.58. The number of rotatable bonds is 5. The van der Waals surface area contributed by atoms with Crippen LogP contribution in [0.1, 0.15) is 16.7 Å². The van der Waals surface area contributed by atoms with Crippen molar-refractivity contribution in [2.75, 3.05) is 5.32 Å². The molecule has 2 heterocycles. The topological polar surface area (TPSA) is 81.9 Å². The number of hydrogen-bond acceptors (Lipinski definition) is 4. The quantitative estimate of drug-likeness (QED) is 0.767. The van der Waals surface area contributed by atoms with Gasteiger partial charge in [0.1, 0.15) is 0 Å². The number of anilines is 1. The lowest BCUT2D eigenvalue weighted by Gasteiger charge is -2.23. The first kappa shape index (κ1) is 17.1. The van der Waals surface area contributed by atoms with Gasteiger partial charge in [0.15, 0.2) is 0 Å². The summed E-state index contributed by atoms with van der Waals surface area (Å²) in [6, 6.07) is 16.1. The van der Waals surface area contributed by atoms with Gasteiger partial charge in [0, 0.05) is 43.6 Å². The van der Waals surface area contributed by atoms with Crippen LogP contribution < -0.4 is 5.32 Å². The van der Waals surface area contributed by atoms with Crippen LogP contribution >= 0.6 is 0 Å². The molecule has 0 saturated carbocycles. The first-order valence-corrected chi connectivity index (χ1v) is 8.08. The fourth-order valence-electron chi connectivity index (χ4n) is 2.45. The van der Waals surface area contributed by atoms with Crippen LogP contribution in [-0.4, -0.2) is 20.9 Å². The Hall–Kier alpha value is -3.72. The predicted molar refractivity (Wildman–Crippen MR) is 97.9 cm³/mol.